The lowest BCUT2D eigenvalue weighted by Gasteiger charge is -2.02. The Kier molecular flexibility index (Phi) is 1.69. The molecule has 0 aromatic carbocycles. The van der Waals surface area contributed by atoms with E-state index in [9.17, 15) is 0 Å². The lowest BCUT2D eigenvalue weighted by Crippen LogP contribution is -2.14. The predicted molar refractivity (Wildman–Crippen MR) is 46.8 cm³/mol. The summed E-state index contributed by atoms with van der Waals surface area (Å²) in [6.45, 7) is 1.94. The van der Waals surface area contributed by atoms with Crippen LogP contribution >= 0.6 is 0 Å². The maximum absolute atomic E-state index is 5.65. The van der Waals surface area contributed by atoms with Crippen LogP contribution in [0.5, 0.6) is 0 Å². The van der Waals surface area contributed by atoms with Gasteiger partial charge in [0.2, 0.25) is 0 Å². The van der Waals surface area contributed by atoms with E-state index >= 15 is 0 Å². The Morgan fingerprint density at radius 2 is 2.33 bits per heavy atom. The highest BCUT2D eigenvalue weighted by Crippen LogP contribution is 2.22. The van der Waals surface area contributed by atoms with E-state index in [1.54, 1.807) is 6.33 Å². The third-order valence-corrected chi connectivity index (χ3v) is 1.98. The minimum absolute atomic E-state index is 0.306. The number of nitrogens with zero attached hydrogens (tertiary/aromatic N) is 2. The highest BCUT2D eigenvalue weighted by atomic mass is 15.1. The van der Waals surface area contributed by atoms with Crippen molar-refractivity contribution in [2.24, 2.45) is 5.73 Å². The van der Waals surface area contributed by atoms with Crippen LogP contribution in [0.15, 0.2) is 12.4 Å². The first kappa shape index (κ1) is 7.49. The molecule has 64 valence electrons. The zero-order valence-electron chi connectivity index (χ0n) is 6.99. The van der Waals surface area contributed by atoms with Gasteiger partial charge in [-0.15, -0.1) is 0 Å². The summed E-state index contributed by atoms with van der Waals surface area (Å²) in [7, 11) is 0. The maximum atomic E-state index is 5.65. The van der Waals surface area contributed by atoms with Crippen LogP contribution in [0.4, 0.5) is 5.82 Å². The van der Waals surface area contributed by atoms with Crippen molar-refractivity contribution < 1.29 is 0 Å². The van der Waals surface area contributed by atoms with Gasteiger partial charge < -0.3 is 11.1 Å². The highest BCUT2D eigenvalue weighted by molar-refractivity contribution is 5.38. The molecule has 0 amide bonds. The van der Waals surface area contributed by atoms with Crippen LogP contribution in [0.1, 0.15) is 12.1 Å². The van der Waals surface area contributed by atoms with Crippen LogP contribution in [0.3, 0.4) is 0 Å². The van der Waals surface area contributed by atoms with Gasteiger partial charge in [-0.25, -0.2) is 9.97 Å². The van der Waals surface area contributed by atoms with Crippen molar-refractivity contribution in [2.45, 2.75) is 25.4 Å². The fourth-order valence-electron chi connectivity index (χ4n) is 1.10. The minimum Gasteiger partial charge on any atom is -0.366 e. The SMILES string of the molecule is Cc1cc(NC2CC2N)ncn1. The molecule has 0 saturated heterocycles. The maximum Gasteiger partial charge on any atom is 0.129 e. The average Bonchev–Trinajstić information content (AvgIpc) is 2.66. The lowest BCUT2D eigenvalue weighted by molar-refractivity contribution is 0.986. The molecule has 1 aromatic rings. The van der Waals surface area contributed by atoms with Gasteiger partial charge in [0.05, 0.1) is 0 Å². The predicted octanol–water partition coefficient (Wildman–Crippen LogP) is 0.297. The van der Waals surface area contributed by atoms with Crippen molar-refractivity contribution >= 4 is 5.82 Å². The second kappa shape index (κ2) is 2.71. The lowest BCUT2D eigenvalue weighted by atomic mass is 10.4. The molecule has 2 rings (SSSR count). The molecule has 3 N–H and O–H groups in total. The number of nitrogens with one attached hydrogen (secondary N) is 1. The van der Waals surface area contributed by atoms with E-state index in [-0.39, 0.29) is 0 Å². The first-order valence-corrected chi connectivity index (χ1v) is 4.06. The molecule has 0 aliphatic heterocycles. The molecule has 1 aromatic heterocycles. The molecule has 1 fully saturated rings. The quantitative estimate of drug-likeness (QED) is 0.659. The second-order valence-corrected chi connectivity index (χ2v) is 3.20. The first-order valence-electron chi connectivity index (χ1n) is 4.06. The van der Waals surface area contributed by atoms with Crippen molar-refractivity contribution in [2.75, 3.05) is 5.32 Å². The Hall–Kier alpha value is -1.16. The number of aromatic nitrogens is 2. The Balaban J connectivity index is 2.03. The van der Waals surface area contributed by atoms with E-state index in [1.165, 1.54) is 0 Å². The van der Waals surface area contributed by atoms with Crippen molar-refractivity contribution in [3.05, 3.63) is 18.1 Å². The second-order valence-electron chi connectivity index (χ2n) is 3.20. The largest absolute Gasteiger partial charge is 0.366 e. The molecular weight excluding hydrogens is 152 g/mol. The number of hydrogen-bond donors (Lipinski definition) is 2. The molecular formula is C8H12N4. The summed E-state index contributed by atoms with van der Waals surface area (Å²) < 4.78 is 0. The molecule has 2 atom stereocenters. The van der Waals surface area contributed by atoms with Gasteiger partial charge >= 0.3 is 0 Å². The Bertz CT molecular complexity index is 286. The highest BCUT2D eigenvalue weighted by Gasteiger charge is 2.33. The molecule has 0 radical (unpaired) electrons. The van der Waals surface area contributed by atoms with Crippen molar-refractivity contribution in [1.29, 1.82) is 0 Å². The Morgan fingerprint density at radius 1 is 1.58 bits per heavy atom. The first-order chi connectivity index (χ1) is 5.75. The number of rotatable bonds is 2. The van der Waals surface area contributed by atoms with Crippen LogP contribution in [-0.4, -0.2) is 22.1 Å². The fourth-order valence-corrected chi connectivity index (χ4v) is 1.10. The number of hydrogen-bond acceptors (Lipinski definition) is 4. The molecule has 1 saturated carbocycles. The molecule has 2 unspecified atom stereocenters. The van der Waals surface area contributed by atoms with E-state index in [1.807, 2.05) is 13.0 Å². The minimum atomic E-state index is 0.306. The number of nitrogens with two attached hydrogens (primary N) is 1. The molecule has 0 bridgehead atoms. The van der Waals surface area contributed by atoms with Gasteiger partial charge in [-0.3, -0.25) is 0 Å². The van der Waals surface area contributed by atoms with Gasteiger partial charge in [-0.1, -0.05) is 0 Å². The van der Waals surface area contributed by atoms with Crippen molar-refractivity contribution in [3.8, 4) is 0 Å². The fraction of sp³-hybridized carbons (Fsp3) is 0.500. The summed E-state index contributed by atoms with van der Waals surface area (Å²) in [6, 6.07) is 2.64. The van der Waals surface area contributed by atoms with Crippen molar-refractivity contribution in [1.82, 2.24) is 9.97 Å². The zero-order chi connectivity index (χ0) is 8.55. The van der Waals surface area contributed by atoms with Gasteiger partial charge in [-0.05, 0) is 13.3 Å². The summed E-state index contributed by atoms with van der Waals surface area (Å²) in [5.41, 5.74) is 6.62. The van der Waals surface area contributed by atoms with E-state index in [2.05, 4.69) is 15.3 Å². The monoisotopic (exact) mass is 164 g/mol. The van der Waals surface area contributed by atoms with Crippen molar-refractivity contribution in [3.63, 3.8) is 0 Å². The summed E-state index contributed by atoms with van der Waals surface area (Å²) >= 11 is 0. The van der Waals surface area contributed by atoms with Gasteiger partial charge in [0.1, 0.15) is 12.1 Å². The van der Waals surface area contributed by atoms with Gasteiger partial charge in [0.25, 0.3) is 0 Å². The average molecular weight is 164 g/mol. The smallest absolute Gasteiger partial charge is 0.129 e. The molecule has 4 nitrogen and oxygen atoms in total. The van der Waals surface area contributed by atoms with Gasteiger partial charge in [0, 0.05) is 23.8 Å². The van der Waals surface area contributed by atoms with Crippen LogP contribution in [0, 0.1) is 6.92 Å². The molecule has 4 heteroatoms. The summed E-state index contributed by atoms with van der Waals surface area (Å²) in [6.07, 6.45) is 2.61. The van der Waals surface area contributed by atoms with E-state index in [4.69, 9.17) is 5.73 Å². The number of aryl methyl sites for hydroxylation is 1. The Morgan fingerprint density at radius 3 is 2.92 bits per heavy atom. The van der Waals surface area contributed by atoms with Crippen LogP contribution in [0.2, 0.25) is 0 Å². The van der Waals surface area contributed by atoms with E-state index < -0.39 is 0 Å². The van der Waals surface area contributed by atoms with Crippen LogP contribution < -0.4 is 11.1 Å². The molecule has 0 spiro atoms. The van der Waals surface area contributed by atoms with E-state index in [0.29, 0.717) is 12.1 Å². The Labute approximate surface area is 71.2 Å². The third-order valence-electron chi connectivity index (χ3n) is 1.98. The standard InChI is InChI=1S/C8H12N4/c1-5-2-8(11-4-10-5)12-7-3-6(7)9/h2,4,6-7H,3,9H2,1H3,(H,10,11,12). The summed E-state index contributed by atoms with van der Waals surface area (Å²) in [5.74, 6) is 0.875. The van der Waals surface area contributed by atoms with E-state index in [0.717, 1.165) is 17.9 Å². The van der Waals surface area contributed by atoms with Gasteiger partial charge in [0.15, 0.2) is 0 Å². The van der Waals surface area contributed by atoms with Crippen LogP contribution in [-0.2, 0) is 0 Å². The summed E-state index contributed by atoms with van der Waals surface area (Å²) in [5, 5.41) is 3.23. The zero-order valence-corrected chi connectivity index (χ0v) is 6.99. The number of anilines is 1. The molecule has 1 aliphatic rings. The molecule has 12 heavy (non-hydrogen) atoms. The molecule has 1 heterocycles. The molecule has 1 aliphatic carbocycles. The topological polar surface area (TPSA) is 63.8 Å². The third kappa shape index (κ3) is 1.53. The summed E-state index contributed by atoms with van der Waals surface area (Å²) in [4.78, 5) is 8.08. The van der Waals surface area contributed by atoms with Crippen LogP contribution in [0.25, 0.3) is 0 Å². The van der Waals surface area contributed by atoms with Gasteiger partial charge in [-0.2, -0.15) is 0 Å². The normalized spacial score (nSPS) is 26.8.